The fourth-order valence-electron chi connectivity index (χ4n) is 2.93. The molecular formula is C22H22N4O2S2. The molecule has 3 rings (SSSR count). The van der Waals surface area contributed by atoms with Gasteiger partial charge in [0.2, 0.25) is 5.91 Å². The van der Waals surface area contributed by atoms with Crippen molar-refractivity contribution in [1.29, 1.82) is 5.26 Å². The van der Waals surface area contributed by atoms with Crippen LogP contribution in [0.2, 0.25) is 0 Å². The summed E-state index contributed by atoms with van der Waals surface area (Å²) in [4.78, 5) is 32.5. The Bertz CT molecular complexity index is 1170. The summed E-state index contributed by atoms with van der Waals surface area (Å²) in [6.07, 6.45) is 1.94. The van der Waals surface area contributed by atoms with Crippen molar-refractivity contribution in [2.45, 2.75) is 25.0 Å². The molecule has 0 aliphatic carbocycles. The molecule has 6 nitrogen and oxygen atoms in total. The Morgan fingerprint density at radius 2 is 2.13 bits per heavy atom. The van der Waals surface area contributed by atoms with Gasteiger partial charge in [0, 0.05) is 31.1 Å². The molecule has 0 N–H and O–H groups in total. The van der Waals surface area contributed by atoms with E-state index in [1.807, 2.05) is 42.6 Å². The van der Waals surface area contributed by atoms with Crippen molar-refractivity contribution in [3.63, 3.8) is 0 Å². The second-order valence-corrected chi connectivity index (χ2v) is 8.61. The van der Waals surface area contributed by atoms with Crippen LogP contribution in [0.1, 0.15) is 12.0 Å². The minimum atomic E-state index is -0.135. The molecule has 0 bridgehead atoms. The maximum atomic E-state index is 13.3. The zero-order valence-corrected chi connectivity index (χ0v) is 18.6. The largest absolute Gasteiger partial charge is 0.344 e. The van der Waals surface area contributed by atoms with Crippen LogP contribution in [0.5, 0.6) is 0 Å². The van der Waals surface area contributed by atoms with Gasteiger partial charge in [-0.25, -0.2) is 4.98 Å². The quantitative estimate of drug-likeness (QED) is 0.301. The molecule has 0 fully saturated rings. The molecule has 2 heterocycles. The van der Waals surface area contributed by atoms with Crippen LogP contribution in [-0.2, 0) is 11.3 Å². The summed E-state index contributed by atoms with van der Waals surface area (Å²) in [6, 6.07) is 10.1. The zero-order valence-electron chi connectivity index (χ0n) is 16.9. The molecule has 0 radical (unpaired) electrons. The van der Waals surface area contributed by atoms with Crippen molar-refractivity contribution >= 4 is 39.2 Å². The van der Waals surface area contributed by atoms with Gasteiger partial charge in [-0.1, -0.05) is 47.7 Å². The summed E-state index contributed by atoms with van der Waals surface area (Å²) in [5.41, 5.74) is 2.87. The van der Waals surface area contributed by atoms with Gasteiger partial charge in [-0.15, -0.1) is 17.9 Å². The number of allylic oxidation sites excluding steroid dienone is 1. The molecule has 0 saturated carbocycles. The van der Waals surface area contributed by atoms with E-state index in [1.54, 1.807) is 17.7 Å². The van der Waals surface area contributed by atoms with Gasteiger partial charge in [0.1, 0.15) is 4.83 Å². The second-order valence-electron chi connectivity index (χ2n) is 6.81. The van der Waals surface area contributed by atoms with Gasteiger partial charge in [0.05, 0.1) is 23.6 Å². The fraction of sp³-hybridized carbons (Fsp3) is 0.273. The lowest BCUT2D eigenvalue weighted by Crippen LogP contribution is -2.29. The van der Waals surface area contributed by atoms with Gasteiger partial charge in [-0.2, -0.15) is 5.26 Å². The molecule has 2 aromatic heterocycles. The van der Waals surface area contributed by atoms with Crippen LogP contribution in [0.25, 0.3) is 21.3 Å². The summed E-state index contributed by atoms with van der Waals surface area (Å²) >= 11 is 2.65. The lowest BCUT2D eigenvalue weighted by Gasteiger charge is -2.16. The molecule has 0 unspecified atom stereocenters. The van der Waals surface area contributed by atoms with E-state index in [9.17, 15) is 9.59 Å². The molecule has 1 aromatic carbocycles. The lowest BCUT2D eigenvalue weighted by molar-refractivity contribution is -0.127. The molecule has 0 atom stereocenters. The minimum Gasteiger partial charge on any atom is -0.344 e. The number of hydrogen-bond donors (Lipinski definition) is 0. The highest BCUT2D eigenvalue weighted by molar-refractivity contribution is 7.99. The highest BCUT2D eigenvalue weighted by Crippen LogP contribution is 2.32. The van der Waals surface area contributed by atoms with Crippen LogP contribution in [0.3, 0.4) is 0 Å². The molecule has 1 amide bonds. The van der Waals surface area contributed by atoms with Gasteiger partial charge >= 0.3 is 0 Å². The van der Waals surface area contributed by atoms with E-state index in [0.29, 0.717) is 28.5 Å². The first-order valence-corrected chi connectivity index (χ1v) is 11.3. The number of rotatable bonds is 8. The highest BCUT2D eigenvalue weighted by Gasteiger charge is 2.18. The first-order valence-electron chi connectivity index (χ1n) is 9.40. The number of thiophene rings is 1. The monoisotopic (exact) mass is 438 g/mol. The molecular weight excluding hydrogens is 416 g/mol. The van der Waals surface area contributed by atoms with Crippen LogP contribution >= 0.6 is 23.1 Å². The van der Waals surface area contributed by atoms with Crippen LogP contribution < -0.4 is 5.56 Å². The molecule has 0 aliphatic heterocycles. The van der Waals surface area contributed by atoms with E-state index in [2.05, 4.69) is 11.6 Å². The fourth-order valence-corrected chi connectivity index (χ4v) is 4.87. The average molecular weight is 439 g/mol. The number of carbonyl (C=O) groups is 1. The molecule has 8 heteroatoms. The Hall–Kier alpha value is -2.89. The SMILES string of the molecule is C=CCn1c(SCC(=O)N(C)CCC#N)nc2scc(-c3ccc(C)cc3)c2c1=O. The van der Waals surface area contributed by atoms with E-state index < -0.39 is 0 Å². The van der Waals surface area contributed by atoms with Crippen LogP contribution in [0.4, 0.5) is 0 Å². The third kappa shape index (κ3) is 4.64. The average Bonchev–Trinajstić information content (AvgIpc) is 3.17. The smallest absolute Gasteiger partial charge is 0.263 e. The number of amides is 1. The van der Waals surface area contributed by atoms with Crippen molar-refractivity contribution in [2.24, 2.45) is 0 Å². The number of fused-ring (bicyclic) bond motifs is 1. The normalized spacial score (nSPS) is 10.7. The number of thioether (sulfide) groups is 1. The summed E-state index contributed by atoms with van der Waals surface area (Å²) in [5, 5.41) is 11.7. The molecule has 0 saturated heterocycles. The number of benzene rings is 1. The van der Waals surface area contributed by atoms with Gasteiger partial charge in [0.25, 0.3) is 5.56 Å². The zero-order chi connectivity index (χ0) is 21.7. The summed E-state index contributed by atoms with van der Waals surface area (Å²) in [5.74, 6) is 0.0361. The second kappa shape index (κ2) is 9.74. The number of nitrogens with zero attached hydrogens (tertiary/aromatic N) is 4. The van der Waals surface area contributed by atoms with E-state index >= 15 is 0 Å². The molecule has 30 heavy (non-hydrogen) atoms. The third-order valence-corrected chi connectivity index (χ3v) is 6.48. The van der Waals surface area contributed by atoms with Gasteiger partial charge < -0.3 is 4.90 Å². The molecule has 154 valence electrons. The Labute approximate surface area is 183 Å². The van der Waals surface area contributed by atoms with Crippen LogP contribution in [0, 0.1) is 18.3 Å². The van der Waals surface area contributed by atoms with Crippen molar-refractivity contribution in [2.75, 3.05) is 19.3 Å². The lowest BCUT2D eigenvalue weighted by atomic mass is 10.1. The number of carbonyl (C=O) groups excluding carboxylic acids is 1. The third-order valence-electron chi connectivity index (χ3n) is 4.64. The topological polar surface area (TPSA) is 79.0 Å². The molecule has 3 aromatic rings. The van der Waals surface area contributed by atoms with Crippen molar-refractivity contribution < 1.29 is 4.79 Å². The highest BCUT2D eigenvalue weighted by atomic mass is 32.2. The molecule has 0 aliphatic rings. The van der Waals surface area contributed by atoms with E-state index in [0.717, 1.165) is 16.7 Å². The van der Waals surface area contributed by atoms with Crippen LogP contribution in [-0.4, -0.2) is 39.7 Å². The predicted octanol–water partition coefficient (Wildman–Crippen LogP) is 4.08. The summed E-state index contributed by atoms with van der Waals surface area (Å²) in [7, 11) is 1.67. The predicted molar refractivity (Wildman–Crippen MR) is 123 cm³/mol. The first-order chi connectivity index (χ1) is 14.5. The number of aromatic nitrogens is 2. The van der Waals surface area contributed by atoms with E-state index in [1.165, 1.54) is 28.0 Å². The van der Waals surface area contributed by atoms with Gasteiger partial charge in [-0.3, -0.25) is 14.2 Å². The maximum Gasteiger partial charge on any atom is 0.263 e. The summed E-state index contributed by atoms with van der Waals surface area (Å²) in [6.45, 7) is 6.47. The number of nitriles is 1. The number of aryl methyl sites for hydroxylation is 1. The van der Waals surface area contributed by atoms with E-state index in [-0.39, 0.29) is 23.6 Å². The Morgan fingerprint density at radius 3 is 2.80 bits per heavy atom. The van der Waals surface area contributed by atoms with Crippen LogP contribution in [0.15, 0.2) is 52.3 Å². The van der Waals surface area contributed by atoms with E-state index in [4.69, 9.17) is 5.26 Å². The standard InChI is InChI=1S/C22H22N4O2S2/c1-4-11-26-21(28)19-17(16-8-6-15(2)7-9-16)13-29-20(19)24-22(26)30-14-18(27)25(3)12-5-10-23/h4,6-9,13H,1,5,11-12,14H2,2-3H3. The molecule has 0 spiro atoms. The van der Waals surface area contributed by atoms with Crippen molar-refractivity contribution in [3.8, 4) is 17.2 Å². The van der Waals surface area contributed by atoms with Crippen molar-refractivity contribution in [1.82, 2.24) is 14.5 Å². The Kier molecular flexibility index (Phi) is 7.08. The number of hydrogen-bond acceptors (Lipinski definition) is 6. The first kappa shape index (κ1) is 21.8. The Balaban J connectivity index is 1.96. The van der Waals surface area contributed by atoms with Gasteiger partial charge in [0.15, 0.2) is 5.16 Å². The Morgan fingerprint density at radius 1 is 1.40 bits per heavy atom. The maximum absolute atomic E-state index is 13.3. The minimum absolute atomic E-state index is 0.110. The van der Waals surface area contributed by atoms with Gasteiger partial charge in [-0.05, 0) is 12.5 Å². The van der Waals surface area contributed by atoms with Crippen molar-refractivity contribution in [3.05, 3.63) is 58.2 Å². The summed E-state index contributed by atoms with van der Waals surface area (Å²) < 4.78 is 1.56.